The number of hydrogen-bond acceptors (Lipinski definition) is 7. The summed E-state index contributed by atoms with van der Waals surface area (Å²) in [5, 5.41) is 10.1. The summed E-state index contributed by atoms with van der Waals surface area (Å²) in [6.07, 6.45) is 5.01. The molecule has 4 heterocycles. The van der Waals surface area contributed by atoms with Gasteiger partial charge in [-0.25, -0.2) is 14.8 Å². The van der Waals surface area contributed by atoms with Gasteiger partial charge in [0, 0.05) is 46.4 Å². The highest BCUT2D eigenvalue weighted by molar-refractivity contribution is 6.31. The number of ketones is 1. The second-order valence-electron chi connectivity index (χ2n) is 12.1. The standard InChI is InChI=1S/C34H35ClN4O5/c35-27-16-23(33(40)22-4-5-22)6-7-25(27)20-44-32-3-1-2-28(37-32)21-10-13-38(14-11-21)19-31-36-29-9-8-24(34(41)42)17-30(29)39(31)18-26-12-15-43-26/h1-3,6-9,16-17,21-22,26H,4-5,10-15,18-20H2,(H,41,42). The summed E-state index contributed by atoms with van der Waals surface area (Å²) in [6, 6.07) is 16.5. The van der Waals surface area contributed by atoms with E-state index in [2.05, 4.69) is 15.5 Å². The third kappa shape index (κ3) is 6.22. The van der Waals surface area contributed by atoms with Crippen LogP contribution < -0.4 is 4.74 Å². The predicted molar refractivity (Wildman–Crippen MR) is 165 cm³/mol. The molecule has 7 rings (SSSR count). The molecule has 1 atom stereocenters. The van der Waals surface area contributed by atoms with Crippen molar-refractivity contribution >= 4 is 34.4 Å². The van der Waals surface area contributed by atoms with Gasteiger partial charge < -0.3 is 19.1 Å². The lowest BCUT2D eigenvalue weighted by molar-refractivity contribution is -0.0592. The van der Waals surface area contributed by atoms with Crippen molar-refractivity contribution in [1.82, 2.24) is 19.4 Å². The number of pyridine rings is 1. The first-order chi connectivity index (χ1) is 21.4. The molecule has 2 aromatic heterocycles. The van der Waals surface area contributed by atoms with Gasteiger partial charge in [0.05, 0.1) is 35.8 Å². The number of rotatable bonds is 11. The van der Waals surface area contributed by atoms with Gasteiger partial charge in [-0.15, -0.1) is 0 Å². The zero-order valence-corrected chi connectivity index (χ0v) is 25.2. The maximum Gasteiger partial charge on any atom is 0.335 e. The lowest BCUT2D eigenvalue weighted by atomic mass is 9.93. The molecule has 2 aromatic carbocycles. The molecule has 1 N–H and O–H groups in total. The Balaban J connectivity index is 0.979. The predicted octanol–water partition coefficient (Wildman–Crippen LogP) is 6.12. The first-order valence-corrected chi connectivity index (χ1v) is 15.8. The van der Waals surface area contributed by atoms with Gasteiger partial charge in [0.2, 0.25) is 5.88 Å². The van der Waals surface area contributed by atoms with Gasteiger partial charge in [-0.2, -0.15) is 0 Å². The second-order valence-corrected chi connectivity index (χ2v) is 12.5. The quantitative estimate of drug-likeness (QED) is 0.201. The van der Waals surface area contributed by atoms with Crippen LogP contribution in [0.3, 0.4) is 0 Å². The van der Waals surface area contributed by atoms with E-state index in [0.29, 0.717) is 35.5 Å². The van der Waals surface area contributed by atoms with Crippen LogP contribution >= 0.6 is 11.6 Å². The summed E-state index contributed by atoms with van der Waals surface area (Å²) in [6.45, 7) is 4.23. The Morgan fingerprint density at radius 1 is 0.977 bits per heavy atom. The molecule has 44 heavy (non-hydrogen) atoms. The number of piperidine rings is 1. The lowest BCUT2D eigenvalue weighted by Gasteiger charge is -2.32. The van der Waals surface area contributed by atoms with Crippen LogP contribution in [-0.4, -0.2) is 62.1 Å². The molecule has 0 spiro atoms. The molecule has 1 unspecified atom stereocenters. The Labute approximate surface area is 260 Å². The highest BCUT2D eigenvalue weighted by Gasteiger charge is 2.31. The van der Waals surface area contributed by atoms with Gasteiger partial charge in [-0.1, -0.05) is 29.8 Å². The van der Waals surface area contributed by atoms with Crippen molar-refractivity contribution in [3.63, 3.8) is 0 Å². The van der Waals surface area contributed by atoms with Crippen molar-refractivity contribution in [2.75, 3.05) is 19.7 Å². The van der Waals surface area contributed by atoms with Crippen LogP contribution in [0.2, 0.25) is 5.02 Å². The number of imidazole rings is 1. The number of aromatic nitrogens is 3. The Kier molecular flexibility index (Phi) is 8.10. The van der Waals surface area contributed by atoms with Gasteiger partial charge in [-0.3, -0.25) is 9.69 Å². The van der Waals surface area contributed by atoms with Crippen LogP contribution in [0.4, 0.5) is 0 Å². The third-order valence-electron chi connectivity index (χ3n) is 9.03. The summed E-state index contributed by atoms with van der Waals surface area (Å²) in [4.78, 5) is 36.1. The fraction of sp³-hybridized carbons (Fsp3) is 0.412. The molecule has 0 amide bonds. The van der Waals surface area contributed by atoms with Crippen LogP contribution in [0.25, 0.3) is 11.0 Å². The summed E-state index contributed by atoms with van der Waals surface area (Å²) in [5.41, 5.74) is 4.44. The number of hydrogen-bond donors (Lipinski definition) is 1. The lowest BCUT2D eigenvalue weighted by Crippen LogP contribution is -2.35. The average molecular weight is 615 g/mol. The van der Waals surface area contributed by atoms with Gasteiger partial charge in [0.15, 0.2) is 5.78 Å². The summed E-state index contributed by atoms with van der Waals surface area (Å²) in [7, 11) is 0. The van der Waals surface area contributed by atoms with Gasteiger partial charge in [0.25, 0.3) is 0 Å². The molecular formula is C34H35ClN4O5. The maximum atomic E-state index is 12.4. The van der Waals surface area contributed by atoms with Crippen LogP contribution in [-0.2, 0) is 24.4 Å². The average Bonchev–Trinajstić information content (AvgIpc) is 3.81. The SMILES string of the molecule is O=C(O)c1ccc2nc(CN3CCC(c4cccc(OCc5ccc(C(=O)C6CC6)cc5Cl)n4)CC3)n(CC3CCO3)c2c1. The monoisotopic (exact) mass is 614 g/mol. The van der Waals surface area contributed by atoms with Crippen molar-refractivity contribution in [3.05, 3.63) is 87.8 Å². The topological polar surface area (TPSA) is 107 Å². The van der Waals surface area contributed by atoms with Crippen molar-refractivity contribution < 1.29 is 24.2 Å². The zero-order valence-electron chi connectivity index (χ0n) is 24.5. The van der Waals surface area contributed by atoms with Gasteiger partial charge >= 0.3 is 5.97 Å². The van der Waals surface area contributed by atoms with E-state index in [1.165, 1.54) is 0 Å². The molecule has 0 bridgehead atoms. The summed E-state index contributed by atoms with van der Waals surface area (Å²) in [5.74, 6) is 1.23. The molecule has 2 aliphatic heterocycles. The largest absolute Gasteiger partial charge is 0.478 e. The molecule has 228 valence electrons. The summed E-state index contributed by atoms with van der Waals surface area (Å²) >= 11 is 6.48. The van der Waals surface area contributed by atoms with Gasteiger partial charge in [0.1, 0.15) is 12.4 Å². The molecule has 3 fully saturated rings. The minimum atomic E-state index is -0.939. The van der Waals surface area contributed by atoms with Gasteiger partial charge in [-0.05, 0) is 75.5 Å². The van der Waals surface area contributed by atoms with E-state index in [1.807, 2.05) is 24.3 Å². The molecule has 1 aliphatic carbocycles. The number of carbonyl (C=O) groups is 2. The number of carbonyl (C=O) groups excluding carboxylic acids is 1. The van der Waals surface area contributed by atoms with Crippen LogP contribution in [0.1, 0.15) is 75.8 Å². The van der Waals surface area contributed by atoms with E-state index in [4.69, 9.17) is 31.0 Å². The van der Waals surface area contributed by atoms with E-state index < -0.39 is 5.97 Å². The Morgan fingerprint density at radius 3 is 2.48 bits per heavy atom. The molecule has 9 nitrogen and oxygen atoms in total. The van der Waals surface area contributed by atoms with Crippen LogP contribution in [0, 0.1) is 5.92 Å². The fourth-order valence-electron chi connectivity index (χ4n) is 6.14. The third-order valence-corrected chi connectivity index (χ3v) is 9.38. The molecule has 3 aliphatic rings. The normalized spacial score (nSPS) is 19.2. The highest BCUT2D eigenvalue weighted by Crippen LogP contribution is 2.34. The molecule has 10 heteroatoms. The fourth-order valence-corrected chi connectivity index (χ4v) is 6.37. The minimum Gasteiger partial charge on any atom is -0.478 e. The minimum absolute atomic E-state index is 0.137. The Morgan fingerprint density at radius 2 is 1.77 bits per heavy atom. The number of carboxylic acid groups (broad SMARTS) is 1. The van der Waals surface area contributed by atoms with E-state index in [9.17, 15) is 14.7 Å². The number of carboxylic acids is 1. The Hall–Kier alpha value is -3.79. The molecule has 2 saturated heterocycles. The number of benzene rings is 2. The van der Waals surface area contributed by atoms with Crippen molar-refractivity contribution in [2.24, 2.45) is 5.92 Å². The number of fused-ring (bicyclic) bond motifs is 1. The number of ether oxygens (including phenoxy) is 2. The molecule has 0 radical (unpaired) electrons. The number of nitrogens with zero attached hydrogens (tertiary/aromatic N) is 4. The molecule has 1 saturated carbocycles. The van der Waals surface area contributed by atoms with Crippen molar-refractivity contribution in [2.45, 2.75) is 63.8 Å². The molecular weight excluding hydrogens is 580 g/mol. The van der Waals surface area contributed by atoms with E-state index in [1.54, 1.807) is 24.3 Å². The van der Waals surface area contributed by atoms with E-state index >= 15 is 0 Å². The van der Waals surface area contributed by atoms with E-state index in [-0.39, 0.29) is 30.0 Å². The number of aromatic carboxylic acids is 1. The van der Waals surface area contributed by atoms with Crippen molar-refractivity contribution in [3.8, 4) is 5.88 Å². The first kappa shape index (κ1) is 29.0. The first-order valence-electron chi connectivity index (χ1n) is 15.4. The zero-order chi connectivity index (χ0) is 30.2. The van der Waals surface area contributed by atoms with Crippen molar-refractivity contribution in [1.29, 1.82) is 0 Å². The Bertz CT molecular complexity index is 1710. The highest BCUT2D eigenvalue weighted by atomic mass is 35.5. The van der Waals surface area contributed by atoms with Crippen LogP contribution in [0.5, 0.6) is 5.88 Å². The van der Waals surface area contributed by atoms with E-state index in [0.717, 1.165) is 79.9 Å². The number of likely N-dealkylation sites (tertiary alicyclic amines) is 1. The van der Waals surface area contributed by atoms with Crippen LogP contribution in [0.15, 0.2) is 54.6 Å². The number of Topliss-reactive ketones (excluding diaryl/α,β-unsaturated/α-hetero) is 1. The number of halogens is 1. The maximum absolute atomic E-state index is 12.4. The summed E-state index contributed by atoms with van der Waals surface area (Å²) < 4.78 is 13.9. The molecule has 4 aromatic rings. The second kappa shape index (κ2) is 12.3. The smallest absolute Gasteiger partial charge is 0.335 e.